The highest BCUT2D eigenvalue weighted by Crippen LogP contribution is 2.33. The SMILES string of the molecule is NCCCCCCC(=O)Nc1cc(C(F)(F)F)ccc1Cl. The number of benzene rings is 1. The van der Waals surface area contributed by atoms with Crippen LogP contribution >= 0.6 is 11.6 Å². The predicted octanol–water partition coefficient (Wildman–Crippen LogP) is 4.21. The molecule has 0 bridgehead atoms. The quantitative estimate of drug-likeness (QED) is 0.739. The number of anilines is 1. The van der Waals surface area contributed by atoms with Crippen molar-refractivity contribution in [2.24, 2.45) is 5.73 Å². The molecular formula is C14H18ClF3N2O. The lowest BCUT2D eigenvalue weighted by molar-refractivity contribution is -0.137. The number of unbranched alkanes of at least 4 members (excludes halogenated alkanes) is 3. The Morgan fingerprint density at radius 1 is 1.19 bits per heavy atom. The lowest BCUT2D eigenvalue weighted by atomic mass is 10.1. The molecule has 0 aliphatic heterocycles. The van der Waals surface area contributed by atoms with Gasteiger partial charge in [-0.3, -0.25) is 4.79 Å². The van der Waals surface area contributed by atoms with Crippen LogP contribution in [0.15, 0.2) is 18.2 Å². The van der Waals surface area contributed by atoms with Crippen LogP contribution in [-0.4, -0.2) is 12.5 Å². The number of halogens is 4. The van der Waals surface area contributed by atoms with Gasteiger partial charge in [0.25, 0.3) is 0 Å². The molecule has 118 valence electrons. The molecule has 0 saturated heterocycles. The van der Waals surface area contributed by atoms with Crippen LogP contribution in [0.1, 0.15) is 37.7 Å². The number of nitrogens with two attached hydrogens (primary N) is 1. The Morgan fingerprint density at radius 3 is 2.48 bits per heavy atom. The Balaban J connectivity index is 2.55. The zero-order valence-electron chi connectivity index (χ0n) is 11.5. The number of alkyl halides is 3. The largest absolute Gasteiger partial charge is 0.416 e. The van der Waals surface area contributed by atoms with Crippen molar-refractivity contribution in [1.82, 2.24) is 0 Å². The molecule has 1 rings (SSSR count). The molecule has 21 heavy (non-hydrogen) atoms. The van der Waals surface area contributed by atoms with Gasteiger partial charge in [-0.25, -0.2) is 0 Å². The highest BCUT2D eigenvalue weighted by molar-refractivity contribution is 6.33. The number of rotatable bonds is 7. The van der Waals surface area contributed by atoms with E-state index in [1.807, 2.05) is 0 Å². The molecule has 1 aromatic rings. The van der Waals surface area contributed by atoms with E-state index in [9.17, 15) is 18.0 Å². The molecule has 0 unspecified atom stereocenters. The normalized spacial score (nSPS) is 11.5. The Bertz CT molecular complexity index is 478. The third-order valence-electron chi connectivity index (χ3n) is 2.93. The van der Waals surface area contributed by atoms with Gasteiger partial charge < -0.3 is 11.1 Å². The minimum absolute atomic E-state index is 0.0153. The van der Waals surface area contributed by atoms with Crippen LogP contribution in [0.4, 0.5) is 18.9 Å². The van der Waals surface area contributed by atoms with Crippen molar-refractivity contribution < 1.29 is 18.0 Å². The van der Waals surface area contributed by atoms with E-state index in [0.717, 1.165) is 37.5 Å². The zero-order valence-corrected chi connectivity index (χ0v) is 12.2. The molecule has 7 heteroatoms. The molecule has 0 aliphatic carbocycles. The van der Waals surface area contributed by atoms with Gasteiger partial charge in [0.05, 0.1) is 16.3 Å². The smallest absolute Gasteiger partial charge is 0.330 e. The molecule has 0 fully saturated rings. The van der Waals surface area contributed by atoms with E-state index in [1.165, 1.54) is 0 Å². The first-order valence-corrected chi connectivity index (χ1v) is 7.09. The molecule has 0 spiro atoms. The van der Waals surface area contributed by atoms with Gasteiger partial charge in [-0.1, -0.05) is 24.4 Å². The standard InChI is InChI=1S/C14H18ClF3N2O/c15-11-7-6-10(14(16,17)18)9-12(11)20-13(21)5-3-1-2-4-8-19/h6-7,9H,1-5,8,19H2,(H,20,21). The van der Waals surface area contributed by atoms with E-state index in [1.54, 1.807) is 0 Å². The van der Waals surface area contributed by atoms with Crippen molar-refractivity contribution >= 4 is 23.2 Å². The van der Waals surface area contributed by atoms with Crippen molar-refractivity contribution in [2.45, 2.75) is 38.3 Å². The molecule has 1 aromatic carbocycles. The molecular weight excluding hydrogens is 305 g/mol. The highest BCUT2D eigenvalue weighted by atomic mass is 35.5. The van der Waals surface area contributed by atoms with Gasteiger partial charge in [0.1, 0.15) is 0 Å². The average Bonchev–Trinajstić information content (AvgIpc) is 2.40. The molecule has 3 nitrogen and oxygen atoms in total. The molecule has 0 atom stereocenters. The monoisotopic (exact) mass is 322 g/mol. The summed E-state index contributed by atoms with van der Waals surface area (Å²) in [6.07, 6.45) is -0.845. The molecule has 3 N–H and O–H groups in total. The number of amides is 1. The van der Waals surface area contributed by atoms with Crippen molar-refractivity contribution in [3.63, 3.8) is 0 Å². The van der Waals surface area contributed by atoms with Crippen molar-refractivity contribution in [3.05, 3.63) is 28.8 Å². The van der Waals surface area contributed by atoms with Gasteiger partial charge in [-0.15, -0.1) is 0 Å². The minimum Gasteiger partial charge on any atom is -0.330 e. The molecule has 0 radical (unpaired) electrons. The molecule has 0 saturated carbocycles. The first-order valence-electron chi connectivity index (χ1n) is 6.71. The fourth-order valence-electron chi connectivity index (χ4n) is 1.79. The second-order valence-electron chi connectivity index (χ2n) is 4.69. The first-order chi connectivity index (χ1) is 9.84. The van der Waals surface area contributed by atoms with Gasteiger partial charge >= 0.3 is 6.18 Å². The Kier molecular flexibility index (Phi) is 6.98. The number of nitrogens with one attached hydrogen (secondary N) is 1. The van der Waals surface area contributed by atoms with Gasteiger partial charge in [0.2, 0.25) is 5.91 Å². The van der Waals surface area contributed by atoms with E-state index in [0.29, 0.717) is 13.0 Å². The van der Waals surface area contributed by atoms with Crippen molar-refractivity contribution in [3.8, 4) is 0 Å². The fourth-order valence-corrected chi connectivity index (χ4v) is 1.96. The maximum atomic E-state index is 12.6. The molecule has 0 aromatic heterocycles. The van der Waals surface area contributed by atoms with Crippen LogP contribution in [0.3, 0.4) is 0 Å². The van der Waals surface area contributed by atoms with Crippen LogP contribution < -0.4 is 11.1 Å². The van der Waals surface area contributed by atoms with Crippen LogP contribution in [0.5, 0.6) is 0 Å². The summed E-state index contributed by atoms with van der Waals surface area (Å²) >= 11 is 5.80. The summed E-state index contributed by atoms with van der Waals surface area (Å²) in [6.45, 7) is 0.617. The van der Waals surface area contributed by atoms with E-state index in [-0.39, 0.29) is 23.0 Å². The lowest BCUT2D eigenvalue weighted by Gasteiger charge is -2.11. The number of carbonyl (C=O) groups excluding carboxylic acids is 1. The van der Waals surface area contributed by atoms with E-state index in [4.69, 9.17) is 17.3 Å². The fraction of sp³-hybridized carbons (Fsp3) is 0.500. The van der Waals surface area contributed by atoms with Gasteiger partial charge in [0, 0.05) is 6.42 Å². The highest BCUT2D eigenvalue weighted by Gasteiger charge is 2.31. The lowest BCUT2D eigenvalue weighted by Crippen LogP contribution is -2.13. The number of hydrogen-bond donors (Lipinski definition) is 2. The summed E-state index contributed by atoms with van der Waals surface area (Å²) in [6, 6.07) is 2.85. The number of hydrogen-bond acceptors (Lipinski definition) is 2. The van der Waals surface area contributed by atoms with E-state index in [2.05, 4.69) is 5.32 Å². The van der Waals surface area contributed by atoms with Crippen LogP contribution in [0.2, 0.25) is 5.02 Å². The third-order valence-corrected chi connectivity index (χ3v) is 3.26. The van der Waals surface area contributed by atoms with Crippen LogP contribution in [0, 0.1) is 0 Å². The summed E-state index contributed by atoms with van der Waals surface area (Å²) in [4.78, 5) is 11.7. The Morgan fingerprint density at radius 2 is 1.86 bits per heavy atom. The maximum Gasteiger partial charge on any atom is 0.416 e. The number of carbonyl (C=O) groups is 1. The van der Waals surface area contributed by atoms with Gasteiger partial charge in [0.15, 0.2) is 0 Å². The van der Waals surface area contributed by atoms with Gasteiger partial charge in [-0.2, -0.15) is 13.2 Å². The van der Waals surface area contributed by atoms with Crippen LogP contribution in [-0.2, 0) is 11.0 Å². The van der Waals surface area contributed by atoms with E-state index >= 15 is 0 Å². The topological polar surface area (TPSA) is 55.1 Å². The zero-order chi connectivity index (χ0) is 15.9. The van der Waals surface area contributed by atoms with Crippen LogP contribution in [0.25, 0.3) is 0 Å². The summed E-state index contributed by atoms with van der Waals surface area (Å²) in [5, 5.41) is 2.50. The molecule has 0 aliphatic rings. The average molecular weight is 323 g/mol. The minimum atomic E-state index is -4.47. The second-order valence-corrected chi connectivity index (χ2v) is 5.10. The summed E-state index contributed by atoms with van der Waals surface area (Å²) in [7, 11) is 0. The third kappa shape index (κ3) is 6.35. The second kappa shape index (κ2) is 8.24. The van der Waals surface area contributed by atoms with Gasteiger partial charge in [-0.05, 0) is 37.6 Å². The molecule has 1 amide bonds. The molecule has 0 heterocycles. The van der Waals surface area contributed by atoms with E-state index < -0.39 is 11.7 Å². The summed E-state index contributed by atoms with van der Waals surface area (Å²) in [5.41, 5.74) is 4.49. The predicted molar refractivity (Wildman–Crippen MR) is 77.2 cm³/mol. The van der Waals surface area contributed by atoms with Crippen molar-refractivity contribution in [2.75, 3.05) is 11.9 Å². The Hall–Kier alpha value is -1.27. The maximum absolute atomic E-state index is 12.6. The summed E-state index contributed by atoms with van der Waals surface area (Å²) < 4.78 is 37.8. The van der Waals surface area contributed by atoms with Crippen molar-refractivity contribution in [1.29, 1.82) is 0 Å². The summed E-state index contributed by atoms with van der Waals surface area (Å²) in [5.74, 6) is -0.344. The Labute approximate surface area is 126 Å². The first kappa shape index (κ1) is 17.8.